The average Bonchev–Trinajstić information content (AvgIpc) is 3.48. The minimum Gasteiger partial charge on any atom is -1.00 e. The van der Waals surface area contributed by atoms with E-state index in [1.807, 2.05) is 0 Å². The average molecular weight is 545 g/mol. The van der Waals surface area contributed by atoms with Crippen LogP contribution in [0.25, 0.3) is 32.7 Å². The number of halogens is 2. The monoisotopic (exact) mass is 542 g/mol. The zero-order valence-electron chi connectivity index (χ0n) is 18.1. The summed E-state index contributed by atoms with van der Waals surface area (Å²) in [6.45, 7) is 0. The largest absolute Gasteiger partial charge is 1.00 e. The van der Waals surface area contributed by atoms with Crippen LogP contribution in [0.4, 0.5) is 0 Å². The third kappa shape index (κ3) is 4.74. The molecule has 2 aliphatic rings. The van der Waals surface area contributed by atoms with Crippen molar-refractivity contribution in [2.24, 2.45) is 0 Å². The maximum absolute atomic E-state index is 2.37. The van der Waals surface area contributed by atoms with E-state index in [-0.39, 0.29) is 24.8 Å². The van der Waals surface area contributed by atoms with Gasteiger partial charge in [0.25, 0.3) is 0 Å². The van der Waals surface area contributed by atoms with Gasteiger partial charge in [-0.05, 0) is 0 Å². The van der Waals surface area contributed by atoms with Crippen LogP contribution >= 0.6 is 0 Å². The van der Waals surface area contributed by atoms with Crippen molar-refractivity contribution in [1.82, 2.24) is 0 Å². The van der Waals surface area contributed by atoms with Crippen LogP contribution in [0.3, 0.4) is 0 Å². The van der Waals surface area contributed by atoms with Crippen LogP contribution in [-0.2, 0) is 23.2 Å². The molecule has 0 saturated carbocycles. The maximum atomic E-state index is 2.37. The van der Waals surface area contributed by atoms with Crippen LogP contribution in [-0.4, -0.2) is 0 Å². The Hall–Kier alpha value is -2.18. The molecule has 0 spiro atoms. The second kappa shape index (κ2) is 10.4. The van der Waals surface area contributed by atoms with Crippen molar-refractivity contribution in [1.29, 1.82) is 0 Å². The number of allylic oxidation sites excluding steroid dienone is 8. The van der Waals surface area contributed by atoms with Gasteiger partial charge in [0.15, 0.2) is 0 Å². The third-order valence-electron chi connectivity index (χ3n) is 6.29. The molecule has 0 fully saturated rings. The molecule has 0 nitrogen and oxygen atoms in total. The minimum atomic E-state index is -0.830. The molecule has 0 N–H and O–H groups in total. The molecule has 160 valence electrons. The summed E-state index contributed by atoms with van der Waals surface area (Å²) in [5.74, 6) is 0. The fourth-order valence-corrected chi connectivity index (χ4v) is 8.44. The quantitative estimate of drug-likeness (QED) is 0.370. The summed E-state index contributed by atoms with van der Waals surface area (Å²) < 4.78 is 3.41. The molecular formula is C30H22Cl2Zr. The van der Waals surface area contributed by atoms with E-state index in [2.05, 4.69) is 109 Å². The molecular weight excluding hydrogens is 522 g/mol. The summed E-state index contributed by atoms with van der Waals surface area (Å²) in [6, 6.07) is 31.2. The number of rotatable bonds is 4. The molecule has 0 saturated heterocycles. The Labute approximate surface area is 219 Å². The van der Waals surface area contributed by atoms with Gasteiger partial charge >= 0.3 is 196 Å². The molecule has 0 aromatic heterocycles. The van der Waals surface area contributed by atoms with E-state index >= 15 is 0 Å². The van der Waals surface area contributed by atoms with Crippen molar-refractivity contribution in [2.75, 3.05) is 0 Å². The van der Waals surface area contributed by atoms with Crippen LogP contribution in [0.15, 0.2) is 116 Å². The molecule has 6 rings (SSSR count). The first kappa shape index (κ1) is 24.0. The molecule has 0 radical (unpaired) electrons. The molecule has 33 heavy (non-hydrogen) atoms. The number of hydrogen-bond donors (Lipinski definition) is 0. The van der Waals surface area contributed by atoms with Crippen molar-refractivity contribution in [3.8, 4) is 0 Å². The van der Waals surface area contributed by atoms with E-state index in [0.717, 1.165) is 12.8 Å². The first-order chi connectivity index (χ1) is 15.3. The first-order valence-electron chi connectivity index (χ1n) is 10.9. The molecule has 2 aliphatic carbocycles. The predicted molar refractivity (Wildman–Crippen MR) is 129 cm³/mol. The van der Waals surface area contributed by atoms with Crippen LogP contribution in [0.2, 0.25) is 0 Å². The molecule has 0 aliphatic heterocycles. The van der Waals surface area contributed by atoms with Crippen LogP contribution in [0.5, 0.6) is 0 Å². The molecule has 4 aromatic carbocycles. The van der Waals surface area contributed by atoms with Gasteiger partial charge in [0.05, 0.1) is 0 Å². The summed E-state index contributed by atoms with van der Waals surface area (Å²) in [4.78, 5) is 0. The Morgan fingerprint density at radius 1 is 0.485 bits per heavy atom. The maximum Gasteiger partial charge on any atom is -1.00 e. The number of benzene rings is 4. The third-order valence-corrected chi connectivity index (χ3v) is 10.1. The Morgan fingerprint density at radius 2 is 0.909 bits per heavy atom. The molecule has 0 bridgehead atoms. The molecule has 3 heteroatoms. The van der Waals surface area contributed by atoms with Gasteiger partial charge in [0.2, 0.25) is 0 Å². The van der Waals surface area contributed by atoms with E-state index in [1.54, 1.807) is 6.56 Å². The van der Waals surface area contributed by atoms with E-state index in [9.17, 15) is 0 Å². The fourth-order valence-electron chi connectivity index (χ4n) is 4.68. The van der Waals surface area contributed by atoms with Crippen molar-refractivity contribution < 1.29 is 48.0 Å². The Kier molecular flexibility index (Phi) is 7.55. The van der Waals surface area contributed by atoms with E-state index < -0.39 is 23.2 Å². The van der Waals surface area contributed by atoms with Gasteiger partial charge in [-0.1, -0.05) is 0 Å². The minimum absolute atomic E-state index is 0. The van der Waals surface area contributed by atoms with Gasteiger partial charge in [-0.3, -0.25) is 0 Å². The summed E-state index contributed by atoms with van der Waals surface area (Å²) in [6.07, 6.45) is 11.7. The SMILES string of the molecule is C1=CC(c2ccc3ccccc3c2)=[C]([Zr+2][C]2=C(c3ccc4ccccc4c3)C=CC2)C1.[Cl-].[Cl-]. The molecule has 0 atom stereocenters. The van der Waals surface area contributed by atoms with Crippen molar-refractivity contribution in [3.63, 3.8) is 0 Å². The summed E-state index contributed by atoms with van der Waals surface area (Å²) in [5.41, 5.74) is 5.72. The van der Waals surface area contributed by atoms with Gasteiger partial charge in [-0.25, -0.2) is 0 Å². The Morgan fingerprint density at radius 3 is 1.36 bits per heavy atom. The number of hydrogen-bond acceptors (Lipinski definition) is 0. The molecule has 0 unspecified atom stereocenters. The molecule has 4 aromatic rings. The van der Waals surface area contributed by atoms with Crippen molar-refractivity contribution >= 4 is 32.7 Å². The molecule has 0 heterocycles. The van der Waals surface area contributed by atoms with E-state index in [4.69, 9.17) is 0 Å². The van der Waals surface area contributed by atoms with Crippen molar-refractivity contribution in [2.45, 2.75) is 12.8 Å². The molecule has 0 amide bonds. The van der Waals surface area contributed by atoms with E-state index in [0.29, 0.717) is 0 Å². The summed E-state index contributed by atoms with van der Waals surface area (Å²) in [7, 11) is 0. The predicted octanol–water partition coefficient (Wildman–Crippen LogP) is 2.13. The first-order valence-corrected chi connectivity index (χ1v) is 13.4. The van der Waals surface area contributed by atoms with Crippen LogP contribution in [0.1, 0.15) is 24.0 Å². The Bertz CT molecular complexity index is 1350. The van der Waals surface area contributed by atoms with Gasteiger partial charge < -0.3 is 24.8 Å². The van der Waals surface area contributed by atoms with E-state index in [1.165, 1.54) is 43.8 Å². The number of fused-ring (bicyclic) bond motifs is 2. The van der Waals surface area contributed by atoms with Crippen LogP contribution in [0, 0.1) is 0 Å². The van der Waals surface area contributed by atoms with Gasteiger partial charge in [-0.2, -0.15) is 0 Å². The van der Waals surface area contributed by atoms with Crippen molar-refractivity contribution in [3.05, 3.63) is 127 Å². The fraction of sp³-hybridized carbons (Fsp3) is 0.0667. The zero-order chi connectivity index (χ0) is 20.6. The normalized spacial score (nSPS) is 14.5. The Balaban J connectivity index is 0.00000130. The second-order valence-electron chi connectivity index (χ2n) is 8.25. The smallest absolute Gasteiger partial charge is 1.00 e. The summed E-state index contributed by atoms with van der Waals surface area (Å²) >= 11 is -0.830. The topological polar surface area (TPSA) is 0 Å². The zero-order valence-corrected chi connectivity index (χ0v) is 22.0. The summed E-state index contributed by atoms with van der Waals surface area (Å²) in [5, 5.41) is 5.29. The van der Waals surface area contributed by atoms with Crippen LogP contribution < -0.4 is 24.8 Å². The standard InChI is InChI=1S/2C15H11.2ClH.Zr/c2*1-2-6-12(5-1)15-10-9-13-7-3-4-8-14(13)11-15;;;/h2*1,3-5,7-11H,2H2;2*1H;/q;;;;+2/p-2. The van der Waals surface area contributed by atoms with Gasteiger partial charge in [0.1, 0.15) is 0 Å². The second-order valence-corrected chi connectivity index (χ2v) is 11.8. The van der Waals surface area contributed by atoms with Gasteiger partial charge in [0, 0.05) is 0 Å². The van der Waals surface area contributed by atoms with Gasteiger partial charge in [-0.15, -0.1) is 0 Å².